The monoisotopic (exact) mass is 258 g/mol. The zero-order chi connectivity index (χ0) is 13.7. The van der Waals surface area contributed by atoms with E-state index in [1.807, 2.05) is 6.92 Å². The Morgan fingerprint density at radius 2 is 2.11 bits per heavy atom. The fourth-order valence-electron chi connectivity index (χ4n) is 2.27. The molecule has 0 saturated carbocycles. The van der Waals surface area contributed by atoms with Crippen molar-refractivity contribution in [3.63, 3.8) is 0 Å². The minimum atomic E-state index is -1.05. The zero-order valence-corrected chi connectivity index (χ0v) is 10.7. The molecular formula is C12H22N2O4. The molecule has 0 aromatic carbocycles. The van der Waals surface area contributed by atoms with Crippen LogP contribution in [0.5, 0.6) is 0 Å². The maximum Gasteiger partial charge on any atom is 0.326 e. The van der Waals surface area contributed by atoms with Crippen LogP contribution in [0.25, 0.3) is 0 Å². The third kappa shape index (κ3) is 3.96. The van der Waals surface area contributed by atoms with Crippen molar-refractivity contribution in [1.29, 1.82) is 0 Å². The van der Waals surface area contributed by atoms with E-state index in [-0.39, 0.29) is 18.9 Å². The molecule has 1 amide bonds. The molecule has 6 nitrogen and oxygen atoms in total. The van der Waals surface area contributed by atoms with Gasteiger partial charge in [0.1, 0.15) is 6.04 Å². The van der Waals surface area contributed by atoms with Crippen LogP contribution in [0.1, 0.15) is 32.6 Å². The lowest BCUT2D eigenvalue weighted by Crippen LogP contribution is -2.40. The highest BCUT2D eigenvalue weighted by molar-refractivity contribution is 5.84. The fourth-order valence-corrected chi connectivity index (χ4v) is 2.27. The summed E-state index contributed by atoms with van der Waals surface area (Å²) in [5.74, 6) is -0.882. The number of hydrogen-bond donors (Lipinski definition) is 3. The third-order valence-corrected chi connectivity index (χ3v) is 3.39. The SMILES string of the molecule is CC(CCN)CCC(=O)N1CC(O)CC1C(=O)O. The van der Waals surface area contributed by atoms with E-state index in [4.69, 9.17) is 10.8 Å². The summed E-state index contributed by atoms with van der Waals surface area (Å²) in [7, 11) is 0. The zero-order valence-electron chi connectivity index (χ0n) is 10.7. The van der Waals surface area contributed by atoms with Gasteiger partial charge in [-0.15, -0.1) is 0 Å². The van der Waals surface area contributed by atoms with Gasteiger partial charge in [0.25, 0.3) is 0 Å². The highest BCUT2D eigenvalue weighted by atomic mass is 16.4. The molecule has 3 atom stereocenters. The summed E-state index contributed by atoms with van der Waals surface area (Å²) in [5, 5.41) is 18.4. The molecule has 6 heteroatoms. The predicted octanol–water partition coefficient (Wildman–Crippen LogP) is -0.202. The van der Waals surface area contributed by atoms with Gasteiger partial charge in [-0.2, -0.15) is 0 Å². The number of carboxylic acids is 1. The Balaban J connectivity index is 2.47. The number of aliphatic carboxylic acids is 1. The lowest BCUT2D eigenvalue weighted by atomic mass is 10.0. The molecule has 0 radical (unpaired) electrons. The molecule has 0 bridgehead atoms. The Morgan fingerprint density at radius 3 is 2.67 bits per heavy atom. The molecule has 3 unspecified atom stereocenters. The molecule has 1 aliphatic rings. The maximum atomic E-state index is 11.9. The summed E-state index contributed by atoms with van der Waals surface area (Å²) in [6.07, 6.45) is 1.28. The smallest absolute Gasteiger partial charge is 0.326 e. The van der Waals surface area contributed by atoms with E-state index >= 15 is 0 Å². The van der Waals surface area contributed by atoms with Gasteiger partial charge in [-0.25, -0.2) is 4.79 Å². The average molecular weight is 258 g/mol. The summed E-state index contributed by atoms with van der Waals surface area (Å²) in [6, 6.07) is -0.877. The first kappa shape index (κ1) is 14.9. The van der Waals surface area contributed by atoms with Crippen LogP contribution in [-0.2, 0) is 9.59 Å². The van der Waals surface area contributed by atoms with Crippen molar-refractivity contribution in [3.8, 4) is 0 Å². The van der Waals surface area contributed by atoms with Crippen LogP contribution in [-0.4, -0.2) is 52.2 Å². The Hall–Kier alpha value is -1.14. The lowest BCUT2D eigenvalue weighted by molar-refractivity contribution is -0.148. The van der Waals surface area contributed by atoms with Crippen LogP contribution in [0.4, 0.5) is 0 Å². The number of nitrogens with two attached hydrogens (primary N) is 1. The molecule has 4 N–H and O–H groups in total. The van der Waals surface area contributed by atoms with Crippen LogP contribution in [0, 0.1) is 5.92 Å². The number of β-amino-alcohol motifs (C(OH)–C–C–N with tert-alkyl or cyclic N) is 1. The summed E-state index contributed by atoms with van der Waals surface area (Å²) in [5.41, 5.74) is 5.43. The van der Waals surface area contributed by atoms with E-state index in [0.29, 0.717) is 25.3 Å². The predicted molar refractivity (Wildman–Crippen MR) is 65.8 cm³/mol. The topological polar surface area (TPSA) is 104 Å². The normalized spacial score (nSPS) is 25.2. The first-order valence-electron chi connectivity index (χ1n) is 6.36. The van der Waals surface area contributed by atoms with Gasteiger partial charge in [0, 0.05) is 19.4 Å². The molecular weight excluding hydrogens is 236 g/mol. The number of nitrogens with zero attached hydrogens (tertiary/aromatic N) is 1. The highest BCUT2D eigenvalue weighted by Gasteiger charge is 2.38. The minimum absolute atomic E-state index is 0.124. The first-order valence-corrected chi connectivity index (χ1v) is 6.36. The minimum Gasteiger partial charge on any atom is -0.480 e. The Morgan fingerprint density at radius 1 is 1.44 bits per heavy atom. The molecule has 1 aliphatic heterocycles. The van der Waals surface area contributed by atoms with E-state index in [9.17, 15) is 14.7 Å². The molecule has 1 heterocycles. The van der Waals surface area contributed by atoms with Crippen molar-refractivity contribution in [2.24, 2.45) is 11.7 Å². The Kier molecular flexibility index (Phi) is 5.55. The van der Waals surface area contributed by atoms with E-state index in [0.717, 1.165) is 6.42 Å². The van der Waals surface area contributed by atoms with Gasteiger partial charge in [-0.3, -0.25) is 4.79 Å². The maximum absolute atomic E-state index is 11.9. The second kappa shape index (κ2) is 6.70. The van der Waals surface area contributed by atoms with Crippen molar-refractivity contribution in [1.82, 2.24) is 4.90 Å². The van der Waals surface area contributed by atoms with Crippen LogP contribution >= 0.6 is 0 Å². The molecule has 104 valence electrons. The molecule has 0 aliphatic carbocycles. The van der Waals surface area contributed by atoms with E-state index in [1.54, 1.807) is 0 Å². The van der Waals surface area contributed by atoms with Crippen molar-refractivity contribution < 1.29 is 19.8 Å². The molecule has 1 rings (SSSR count). The van der Waals surface area contributed by atoms with Gasteiger partial charge in [-0.1, -0.05) is 6.92 Å². The molecule has 0 aromatic heterocycles. The van der Waals surface area contributed by atoms with Gasteiger partial charge < -0.3 is 20.8 Å². The highest BCUT2D eigenvalue weighted by Crippen LogP contribution is 2.20. The quantitative estimate of drug-likeness (QED) is 0.612. The second-order valence-electron chi connectivity index (χ2n) is 5.01. The summed E-state index contributed by atoms with van der Waals surface area (Å²) >= 11 is 0. The number of carbonyl (C=O) groups is 2. The second-order valence-corrected chi connectivity index (χ2v) is 5.01. The van der Waals surface area contributed by atoms with Crippen LogP contribution in [0.2, 0.25) is 0 Å². The van der Waals surface area contributed by atoms with E-state index in [2.05, 4.69) is 0 Å². The molecule has 1 saturated heterocycles. The summed E-state index contributed by atoms with van der Waals surface area (Å²) in [4.78, 5) is 24.2. The van der Waals surface area contributed by atoms with Crippen molar-refractivity contribution in [2.45, 2.75) is 44.8 Å². The Bertz CT molecular complexity index is 308. The molecule has 0 spiro atoms. The number of carboxylic acid groups (broad SMARTS) is 1. The fraction of sp³-hybridized carbons (Fsp3) is 0.833. The van der Waals surface area contributed by atoms with Gasteiger partial charge in [0.05, 0.1) is 6.10 Å². The number of likely N-dealkylation sites (tertiary alicyclic amines) is 1. The van der Waals surface area contributed by atoms with Crippen molar-refractivity contribution in [3.05, 3.63) is 0 Å². The van der Waals surface area contributed by atoms with Crippen LogP contribution in [0.15, 0.2) is 0 Å². The number of amides is 1. The summed E-state index contributed by atoms with van der Waals surface area (Å²) < 4.78 is 0. The number of aliphatic hydroxyl groups is 1. The largest absolute Gasteiger partial charge is 0.480 e. The van der Waals surface area contributed by atoms with Crippen LogP contribution in [0.3, 0.4) is 0 Å². The van der Waals surface area contributed by atoms with Gasteiger partial charge in [0.15, 0.2) is 0 Å². The van der Waals surface area contributed by atoms with E-state index in [1.165, 1.54) is 4.90 Å². The lowest BCUT2D eigenvalue weighted by Gasteiger charge is -2.21. The number of hydrogen-bond acceptors (Lipinski definition) is 4. The average Bonchev–Trinajstić information content (AvgIpc) is 2.69. The number of carbonyl (C=O) groups excluding carboxylic acids is 1. The number of rotatable bonds is 6. The van der Waals surface area contributed by atoms with E-state index < -0.39 is 18.1 Å². The molecule has 1 fully saturated rings. The van der Waals surface area contributed by atoms with Crippen LogP contribution < -0.4 is 5.73 Å². The van der Waals surface area contributed by atoms with Gasteiger partial charge in [0.2, 0.25) is 5.91 Å². The number of aliphatic hydroxyl groups excluding tert-OH is 1. The molecule has 18 heavy (non-hydrogen) atoms. The van der Waals surface area contributed by atoms with Crippen molar-refractivity contribution in [2.75, 3.05) is 13.1 Å². The third-order valence-electron chi connectivity index (χ3n) is 3.39. The van der Waals surface area contributed by atoms with Gasteiger partial charge in [-0.05, 0) is 25.3 Å². The van der Waals surface area contributed by atoms with Crippen molar-refractivity contribution >= 4 is 11.9 Å². The summed E-state index contributed by atoms with van der Waals surface area (Å²) in [6.45, 7) is 2.74. The first-order chi connectivity index (χ1) is 8.45. The molecule has 0 aromatic rings. The van der Waals surface area contributed by atoms with Gasteiger partial charge >= 0.3 is 5.97 Å². The standard InChI is InChI=1S/C12H22N2O4/c1-8(4-5-13)2-3-11(16)14-7-9(15)6-10(14)12(17)18/h8-10,15H,2-7,13H2,1H3,(H,17,18). The Labute approximate surface area is 107 Å².